The molecule has 53 heavy (non-hydrogen) atoms. The second-order valence-electron chi connectivity index (χ2n) is 13.7. The number of thiophene rings is 1. The number of hydrogen-bond acceptors (Lipinski definition) is 3. The van der Waals surface area contributed by atoms with Crippen molar-refractivity contribution in [1.29, 1.82) is 0 Å². The third-order valence-corrected chi connectivity index (χ3v) is 11.9. The molecule has 11 rings (SSSR count). The Morgan fingerprint density at radius 2 is 1.09 bits per heavy atom. The average molecular weight is 694 g/mol. The smallest absolute Gasteiger partial charge is 0.143 e. The number of rotatable bonds is 5. The molecule has 0 aliphatic rings. The fraction of sp³-hybridized carbons (Fsp3) is 0. The van der Waals surface area contributed by atoms with Crippen LogP contribution in [0.15, 0.2) is 192 Å². The number of anilines is 3. The molecule has 0 fully saturated rings. The van der Waals surface area contributed by atoms with Gasteiger partial charge in [-0.15, -0.1) is 11.3 Å². The second kappa shape index (κ2) is 11.9. The van der Waals surface area contributed by atoms with Gasteiger partial charge in [-0.05, 0) is 86.9 Å². The molecule has 2 nitrogen and oxygen atoms in total. The van der Waals surface area contributed by atoms with Crippen molar-refractivity contribution in [3.63, 3.8) is 0 Å². The van der Waals surface area contributed by atoms with Gasteiger partial charge in [-0.1, -0.05) is 140 Å². The van der Waals surface area contributed by atoms with Crippen molar-refractivity contribution in [2.45, 2.75) is 0 Å². The summed E-state index contributed by atoms with van der Waals surface area (Å²) in [7, 11) is 0. The number of nitrogens with zero attached hydrogens (tertiary/aromatic N) is 1. The molecule has 0 saturated heterocycles. The molecule has 0 bridgehead atoms. The standard InChI is InChI=1S/C50H31NOS/c1-3-16-38-32(11-1)13-8-19-39(38)34-25-28-36(29-26-34)51(45-22-10-23-46-48(45)44-30-27-33-12-2-4-17-40(33)49(44)52-46)37-15-7-14-35(31-37)41-20-9-21-43-42-18-5-6-24-47(42)53-50(41)43/h1-31H. The summed E-state index contributed by atoms with van der Waals surface area (Å²) in [5.41, 5.74) is 9.88. The highest BCUT2D eigenvalue weighted by molar-refractivity contribution is 7.26. The van der Waals surface area contributed by atoms with Crippen LogP contribution < -0.4 is 4.90 Å². The van der Waals surface area contributed by atoms with Gasteiger partial charge in [0.15, 0.2) is 0 Å². The molecule has 0 N–H and O–H groups in total. The molecule has 3 heteroatoms. The zero-order valence-corrected chi connectivity index (χ0v) is 29.5. The molecule has 0 amide bonds. The fourth-order valence-corrected chi connectivity index (χ4v) is 9.44. The zero-order chi connectivity index (χ0) is 34.9. The lowest BCUT2D eigenvalue weighted by Crippen LogP contribution is -2.10. The molecule has 248 valence electrons. The molecule has 2 aromatic heterocycles. The third-order valence-electron chi connectivity index (χ3n) is 10.7. The maximum absolute atomic E-state index is 6.69. The molecule has 0 unspecified atom stereocenters. The van der Waals surface area contributed by atoms with Gasteiger partial charge in [0.1, 0.15) is 11.2 Å². The first-order valence-corrected chi connectivity index (χ1v) is 18.8. The summed E-state index contributed by atoms with van der Waals surface area (Å²) in [6.45, 7) is 0. The van der Waals surface area contributed by atoms with E-state index in [0.29, 0.717) is 0 Å². The Bertz CT molecular complexity index is 3180. The molecule has 0 atom stereocenters. The maximum Gasteiger partial charge on any atom is 0.143 e. The van der Waals surface area contributed by atoms with Gasteiger partial charge in [0, 0.05) is 42.3 Å². The first-order chi connectivity index (χ1) is 26.3. The largest absolute Gasteiger partial charge is 0.455 e. The van der Waals surface area contributed by atoms with E-state index in [9.17, 15) is 0 Å². The van der Waals surface area contributed by atoms with E-state index in [0.717, 1.165) is 44.4 Å². The Balaban J connectivity index is 1.13. The minimum atomic E-state index is 0.873. The van der Waals surface area contributed by atoms with E-state index in [-0.39, 0.29) is 0 Å². The summed E-state index contributed by atoms with van der Waals surface area (Å²) in [5, 5.41) is 9.61. The third kappa shape index (κ3) is 4.78. The monoisotopic (exact) mass is 693 g/mol. The van der Waals surface area contributed by atoms with Gasteiger partial charge in [-0.2, -0.15) is 0 Å². The normalized spacial score (nSPS) is 11.8. The fourth-order valence-electron chi connectivity index (χ4n) is 8.20. The lowest BCUT2D eigenvalue weighted by molar-refractivity contribution is 0.672. The molecule has 11 aromatic rings. The van der Waals surface area contributed by atoms with Crippen molar-refractivity contribution in [2.75, 3.05) is 4.90 Å². The van der Waals surface area contributed by atoms with Crippen molar-refractivity contribution in [3.8, 4) is 22.3 Å². The SMILES string of the molecule is c1cc(-c2cccc3c2sc2ccccc23)cc(N(c2ccc(-c3cccc4ccccc34)cc2)c2cccc3oc4c5ccccc5ccc4c23)c1. The summed E-state index contributed by atoms with van der Waals surface area (Å²) in [6, 6.07) is 67.9. The van der Waals surface area contributed by atoms with Gasteiger partial charge in [0.05, 0.1) is 11.1 Å². The molecule has 9 aromatic carbocycles. The van der Waals surface area contributed by atoms with Crippen LogP contribution in [-0.2, 0) is 0 Å². The Morgan fingerprint density at radius 3 is 1.98 bits per heavy atom. The number of hydrogen-bond donors (Lipinski definition) is 0. The maximum atomic E-state index is 6.69. The van der Waals surface area contributed by atoms with Gasteiger partial charge in [0.25, 0.3) is 0 Å². The summed E-state index contributed by atoms with van der Waals surface area (Å²) in [4.78, 5) is 2.40. The van der Waals surface area contributed by atoms with Crippen LogP contribution in [-0.4, -0.2) is 0 Å². The molecular weight excluding hydrogens is 663 g/mol. The second-order valence-corrected chi connectivity index (χ2v) is 14.7. The molecule has 0 saturated carbocycles. The van der Waals surface area contributed by atoms with Gasteiger partial charge >= 0.3 is 0 Å². The van der Waals surface area contributed by atoms with Crippen LogP contribution in [0.25, 0.3) is 85.9 Å². The van der Waals surface area contributed by atoms with Gasteiger partial charge in [-0.3, -0.25) is 0 Å². The van der Waals surface area contributed by atoms with E-state index in [2.05, 4.69) is 193 Å². The van der Waals surface area contributed by atoms with Crippen LogP contribution in [0, 0.1) is 0 Å². The average Bonchev–Trinajstić information content (AvgIpc) is 3.81. The topological polar surface area (TPSA) is 16.4 Å². The Morgan fingerprint density at radius 1 is 0.415 bits per heavy atom. The minimum Gasteiger partial charge on any atom is -0.455 e. The zero-order valence-electron chi connectivity index (χ0n) is 28.7. The highest BCUT2D eigenvalue weighted by Crippen LogP contribution is 2.46. The molecule has 0 aliphatic heterocycles. The van der Waals surface area contributed by atoms with Gasteiger partial charge < -0.3 is 9.32 Å². The van der Waals surface area contributed by atoms with Crippen LogP contribution >= 0.6 is 11.3 Å². The lowest BCUT2D eigenvalue weighted by atomic mass is 9.97. The summed E-state index contributed by atoms with van der Waals surface area (Å²) >= 11 is 1.87. The first kappa shape index (κ1) is 30.0. The molecular formula is C50H31NOS. The molecule has 0 radical (unpaired) electrons. The number of furan rings is 1. The van der Waals surface area contributed by atoms with Crippen molar-refractivity contribution < 1.29 is 4.42 Å². The molecule has 0 aliphatic carbocycles. The van der Waals surface area contributed by atoms with E-state index in [1.54, 1.807) is 0 Å². The highest BCUT2D eigenvalue weighted by atomic mass is 32.1. The van der Waals surface area contributed by atoms with Crippen molar-refractivity contribution in [2.24, 2.45) is 0 Å². The van der Waals surface area contributed by atoms with Crippen LogP contribution in [0.3, 0.4) is 0 Å². The number of fused-ring (bicyclic) bond motifs is 9. The van der Waals surface area contributed by atoms with Crippen LogP contribution in [0.5, 0.6) is 0 Å². The van der Waals surface area contributed by atoms with Crippen molar-refractivity contribution in [1.82, 2.24) is 0 Å². The van der Waals surface area contributed by atoms with Crippen LogP contribution in [0.4, 0.5) is 17.1 Å². The Labute approximate surface area is 310 Å². The van der Waals surface area contributed by atoms with Crippen LogP contribution in [0.1, 0.15) is 0 Å². The predicted octanol–water partition coefficient (Wildman–Crippen LogP) is 15.1. The molecule has 0 spiro atoms. The highest BCUT2D eigenvalue weighted by Gasteiger charge is 2.21. The minimum absolute atomic E-state index is 0.873. The Hall–Kier alpha value is -6.68. The number of benzene rings is 9. The lowest BCUT2D eigenvalue weighted by Gasteiger charge is -2.27. The Kier molecular flexibility index (Phi) is 6.76. The van der Waals surface area contributed by atoms with Crippen molar-refractivity contribution in [3.05, 3.63) is 188 Å². The van der Waals surface area contributed by atoms with E-state index in [1.165, 1.54) is 58.6 Å². The van der Waals surface area contributed by atoms with E-state index >= 15 is 0 Å². The predicted molar refractivity (Wildman–Crippen MR) is 227 cm³/mol. The first-order valence-electron chi connectivity index (χ1n) is 18.0. The summed E-state index contributed by atoms with van der Waals surface area (Å²) in [6.07, 6.45) is 0. The summed E-state index contributed by atoms with van der Waals surface area (Å²) < 4.78 is 9.31. The van der Waals surface area contributed by atoms with Gasteiger partial charge in [-0.25, -0.2) is 0 Å². The van der Waals surface area contributed by atoms with Crippen LogP contribution in [0.2, 0.25) is 0 Å². The van der Waals surface area contributed by atoms with E-state index < -0.39 is 0 Å². The van der Waals surface area contributed by atoms with Gasteiger partial charge in [0.2, 0.25) is 0 Å². The summed E-state index contributed by atoms with van der Waals surface area (Å²) in [5.74, 6) is 0. The van der Waals surface area contributed by atoms with E-state index in [1.807, 2.05) is 11.3 Å². The quantitative estimate of drug-likeness (QED) is 0.178. The molecule has 2 heterocycles. The van der Waals surface area contributed by atoms with E-state index in [4.69, 9.17) is 4.42 Å². The van der Waals surface area contributed by atoms with Crippen molar-refractivity contribution >= 4 is 92.1 Å².